The molecule has 0 saturated heterocycles. The molecule has 2 rings (SSSR count). The van der Waals surface area contributed by atoms with Gasteiger partial charge < -0.3 is 24.8 Å². The molecule has 24 heavy (non-hydrogen) atoms. The van der Waals surface area contributed by atoms with Gasteiger partial charge in [0.15, 0.2) is 0 Å². The molecule has 0 saturated carbocycles. The fourth-order valence-electron chi connectivity index (χ4n) is 2.20. The fraction of sp³-hybridized carbons (Fsp3) is 0.278. The molecular weight excluding hydrogens is 308 g/mol. The number of urea groups is 1. The Bertz CT molecular complexity index is 666. The molecule has 0 unspecified atom stereocenters. The van der Waals surface area contributed by atoms with E-state index in [9.17, 15) is 4.79 Å². The van der Waals surface area contributed by atoms with E-state index in [0.717, 1.165) is 11.3 Å². The predicted octanol–water partition coefficient (Wildman–Crippen LogP) is 3.08. The SMILES string of the molecule is COc1cccc(CCNC(=O)Nc2cc(OC)cc(OC)c2)c1. The Kier molecular flexibility index (Phi) is 6.31. The van der Waals surface area contributed by atoms with Gasteiger partial charge in [0.1, 0.15) is 17.2 Å². The summed E-state index contributed by atoms with van der Waals surface area (Å²) in [7, 11) is 4.76. The van der Waals surface area contributed by atoms with Crippen molar-refractivity contribution in [2.45, 2.75) is 6.42 Å². The van der Waals surface area contributed by atoms with Crippen LogP contribution in [0, 0.1) is 0 Å². The van der Waals surface area contributed by atoms with E-state index in [-0.39, 0.29) is 6.03 Å². The summed E-state index contributed by atoms with van der Waals surface area (Å²) in [5.41, 5.74) is 1.70. The van der Waals surface area contributed by atoms with Crippen molar-refractivity contribution in [3.63, 3.8) is 0 Å². The van der Waals surface area contributed by atoms with Gasteiger partial charge in [-0.15, -0.1) is 0 Å². The van der Waals surface area contributed by atoms with Gasteiger partial charge in [-0.25, -0.2) is 4.79 Å². The van der Waals surface area contributed by atoms with Gasteiger partial charge in [-0.05, 0) is 24.1 Å². The third-order valence-electron chi connectivity index (χ3n) is 3.44. The highest BCUT2D eigenvalue weighted by Crippen LogP contribution is 2.25. The summed E-state index contributed by atoms with van der Waals surface area (Å²) < 4.78 is 15.5. The van der Waals surface area contributed by atoms with E-state index in [2.05, 4.69) is 10.6 Å². The standard InChI is InChI=1S/C18H22N2O4/c1-22-15-6-4-5-13(9-15)7-8-19-18(21)20-14-10-16(23-2)12-17(11-14)24-3/h4-6,9-12H,7-8H2,1-3H3,(H2,19,20,21). The summed E-state index contributed by atoms with van der Waals surface area (Å²) in [6, 6.07) is 12.7. The first-order valence-electron chi connectivity index (χ1n) is 7.55. The van der Waals surface area contributed by atoms with Gasteiger partial charge in [-0.3, -0.25) is 0 Å². The van der Waals surface area contributed by atoms with E-state index >= 15 is 0 Å². The molecule has 0 aliphatic heterocycles. The minimum absolute atomic E-state index is 0.284. The van der Waals surface area contributed by atoms with Crippen LogP contribution in [0.1, 0.15) is 5.56 Å². The molecule has 6 heteroatoms. The van der Waals surface area contributed by atoms with E-state index in [1.165, 1.54) is 0 Å². The maximum Gasteiger partial charge on any atom is 0.319 e. The minimum atomic E-state index is -0.284. The molecule has 6 nitrogen and oxygen atoms in total. The fourth-order valence-corrected chi connectivity index (χ4v) is 2.20. The van der Waals surface area contributed by atoms with Crippen LogP contribution in [-0.4, -0.2) is 33.9 Å². The van der Waals surface area contributed by atoms with Crippen LogP contribution >= 0.6 is 0 Å². The van der Waals surface area contributed by atoms with E-state index in [1.807, 2.05) is 24.3 Å². The Morgan fingerprint density at radius 3 is 2.21 bits per heavy atom. The average molecular weight is 330 g/mol. The van der Waals surface area contributed by atoms with Crippen LogP contribution in [0.2, 0.25) is 0 Å². The Labute approximate surface area is 141 Å². The van der Waals surface area contributed by atoms with Crippen LogP contribution in [-0.2, 0) is 6.42 Å². The first-order chi connectivity index (χ1) is 11.6. The Hall–Kier alpha value is -2.89. The van der Waals surface area contributed by atoms with Gasteiger partial charge in [0.2, 0.25) is 0 Å². The number of nitrogens with one attached hydrogen (secondary N) is 2. The monoisotopic (exact) mass is 330 g/mol. The third kappa shape index (κ3) is 5.08. The molecule has 2 N–H and O–H groups in total. The molecule has 0 aromatic heterocycles. The lowest BCUT2D eigenvalue weighted by molar-refractivity contribution is 0.252. The van der Waals surface area contributed by atoms with E-state index < -0.39 is 0 Å². The summed E-state index contributed by atoms with van der Waals surface area (Å²) in [4.78, 5) is 12.0. The normalized spacial score (nSPS) is 9.96. The summed E-state index contributed by atoms with van der Waals surface area (Å²) in [5, 5.41) is 5.59. The zero-order chi connectivity index (χ0) is 17.4. The summed E-state index contributed by atoms with van der Waals surface area (Å²) in [6.45, 7) is 0.514. The molecule has 0 aliphatic rings. The zero-order valence-electron chi connectivity index (χ0n) is 14.1. The van der Waals surface area contributed by atoms with Crippen LogP contribution in [0.4, 0.5) is 10.5 Å². The molecule has 0 spiro atoms. The van der Waals surface area contributed by atoms with E-state index in [1.54, 1.807) is 39.5 Å². The Morgan fingerprint density at radius 2 is 1.58 bits per heavy atom. The molecule has 2 amide bonds. The largest absolute Gasteiger partial charge is 0.497 e. The Morgan fingerprint density at radius 1 is 0.917 bits per heavy atom. The maximum absolute atomic E-state index is 12.0. The quantitative estimate of drug-likeness (QED) is 0.818. The number of amides is 2. The van der Waals surface area contributed by atoms with Crippen molar-refractivity contribution >= 4 is 11.7 Å². The van der Waals surface area contributed by atoms with Gasteiger partial charge in [-0.1, -0.05) is 12.1 Å². The zero-order valence-corrected chi connectivity index (χ0v) is 14.1. The molecule has 128 valence electrons. The second-order valence-electron chi connectivity index (χ2n) is 5.08. The third-order valence-corrected chi connectivity index (χ3v) is 3.44. The number of hydrogen-bond donors (Lipinski definition) is 2. The number of methoxy groups -OCH3 is 3. The van der Waals surface area contributed by atoms with Crippen LogP contribution in [0.5, 0.6) is 17.2 Å². The lowest BCUT2D eigenvalue weighted by atomic mass is 10.1. The molecule has 0 bridgehead atoms. The van der Waals surface area contributed by atoms with Crippen LogP contribution in [0.15, 0.2) is 42.5 Å². The minimum Gasteiger partial charge on any atom is -0.497 e. The number of carbonyl (C=O) groups is 1. The maximum atomic E-state index is 12.0. The number of ether oxygens (including phenoxy) is 3. The number of rotatable bonds is 7. The first kappa shape index (κ1) is 17.5. The van der Waals surface area contributed by atoms with Crippen molar-refractivity contribution in [1.82, 2.24) is 5.32 Å². The second kappa shape index (κ2) is 8.67. The van der Waals surface area contributed by atoms with Crippen LogP contribution < -0.4 is 24.8 Å². The molecule has 2 aromatic carbocycles. The van der Waals surface area contributed by atoms with E-state index in [0.29, 0.717) is 30.2 Å². The molecule has 0 heterocycles. The van der Waals surface area contributed by atoms with Crippen molar-refractivity contribution < 1.29 is 19.0 Å². The van der Waals surface area contributed by atoms with Crippen molar-refractivity contribution in [2.24, 2.45) is 0 Å². The highest BCUT2D eigenvalue weighted by molar-refractivity contribution is 5.89. The first-order valence-corrected chi connectivity index (χ1v) is 7.55. The predicted molar refractivity (Wildman–Crippen MR) is 93.3 cm³/mol. The molecule has 0 aliphatic carbocycles. The van der Waals surface area contributed by atoms with Gasteiger partial charge in [0, 0.05) is 30.4 Å². The second-order valence-corrected chi connectivity index (χ2v) is 5.08. The topological polar surface area (TPSA) is 68.8 Å². The summed E-state index contributed by atoms with van der Waals surface area (Å²) >= 11 is 0. The molecule has 2 aromatic rings. The highest BCUT2D eigenvalue weighted by Gasteiger charge is 2.06. The summed E-state index contributed by atoms with van der Waals surface area (Å²) in [5.74, 6) is 2.03. The van der Waals surface area contributed by atoms with Crippen molar-refractivity contribution in [3.05, 3.63) is 48.0 Å². The number of anilines is 1. The molecular formula is C18H22N2O4. The van der Waals surface area contributed by atoms with Gasteiger partial charge in [0.25, 0.3) is 0 Å². The smallest absolute Gasteiger partial charge is 0.319 e. The number of benzene rings is 2. The summed E-state index contributed by atoms with van der Waals surface area (Å²) in [6.07, 6.45) is 0.714. The average Bonchev–Trinajstić information content (AvgIpc) is 2.61. The number of carbonyl (C=O) groups excluding carboxylic acids is 1. The van der Waals surface area contributed by atoms with Crippen molar-refractivity contribution in [2.75, 3.05) is 33.2 Å². The van der Waals surface area contributed by atoms with Gasteiger partial charge in [-0.2, -0.15) is 0 Å². The molecule has 0 fully saturated rings. The van der Waals surface area contributed by atoms with Gasteiger partial charge >= 0.3 is 6.03 Å². The lowest BCUT2D eigenvalue weighted by Gasteiger charge is -2.11. The lowest BCUT2D eigenvalue weighted by Crippen LogP contribution is -2.30. The Balaban J connectivity index is 1.87. The van der Waals surface area contributed by atoms with Crippen molar-refractivity contribution in [1.29, 1.82) is 0 Å². The van der Waals surface area contributed by atoms with Crippen molar-refractivity contribution in [3.8, 4) is 17.2 Å². The molecule has 0 atom stereocenters. The molecule has 0 radical (unpaired) electrons. The highest BCUT2D eigenvalue weighted by atomic mass is 16.5. The van der Waals surface area contributed by atoms with E-state index in [4.69, 9.17) is 14.2 Å². The number of hydrogen-bond acceptors (Lipinski definition) is 4. The van der Waals surface area contributed by atoms with Gasteiger partial charge in [0.05, 0.1) is 21.3 Å². The van der Waals surface area contributed by atoms with Crippen LogP contribution in [0.25, 0.3) is 0 Å². The van der Waals surface area contributed by atoms with Crippen LogP contribution in [0.3, 0.4) is 0 Å².